The predicted octanol–water partition coefficient (Wildman–Crippen LogP) is 2.75. The van der Waals surface area contributed by atoms with Crippen LogP contribution >= 0.6 is 0 Å². The van der Waals surface area contributed by atoms with Crippen LogP contribution in [0.15, 0.2) is 30.6 Å². The SMILES string of the molecule is N#Cc1c(N2CCC(Cc3cc(F)c(F)c(F)c3)C2=O)n[nH]c1-c1ccnnc1. The van der Waals surface area contributed by atoms with Crippen molar-refractivity contribution in [3.05, 3.63) is 59.2 Å². The summed E-state index contributed by atoms with van der Waals surface area (Å²) >= 11 is 0. The van der Waals surface area contributed by atoms with Crippen LogP contribution in [0.5, 0.6) is 0 Å². The molecule has 10 heteroatoms. The van der Waals surface area contributed by atoms with Gasteiger partial charge < -0.3 is 0 Å². The van der Waals surface area contributed by atoms with Crippen LogP contribution in [-0.4, -0.2) is 32.8 Å². The Labute approximate surface area is 162 Å². The summed E-state index contributed by atoms with van der Waals surface area (Å²) in [5.74, 6) is -4.83. The fourth-order valence-electron chi connectivity index (χ4n) is 3.43. The van der Waals surface area contributed by atoms with E-state index in [1.165, 1.54) is 17.3 Å². The number of rotatable bonds is 4. The Bertz CT molecular complexity index is 1100. The zero-order valence-corrected chi connectivity index (χ0v) is 14.9. The van der Waals surface area contributed by atoms with Crippen molar-refractivity contribution in [3.8, 4) is 17.3 Å². The number of carbonyl (C=O) groups excluding carboxylic acids is 1. The van der Waals surface area contributed by atoms with Crippen LogP contribution in [0.1, 0.15) is 17.5 Å². The van der Waals surface area contributed by atoms with E-state index in [1.807, 2.05) is 6.07 Å². The standard InChI is InChI=1S/C19H13F3N6O/c20-14-6-10(7-15(21)16(14)22)5-11-2-4-28(19(11)29)18-13(8-23)17(26-27-18)12-1-3-24-25-9-12/h1,3,6-7,9,11H,2,4-5H2,(H,26,27). The third kappa shape index (κ3) is 3.31. The van der Waals surface area contributed by atoms with Gasteiger partial charge in [-0.25, -0.2) is 13.2 Å². The number of benzene rings is 1. The number of nitrogens with one attached hydrogen (secondary N) is 1. The maximum Gasteiger partial charge on any atom is 0.231 e. The molecule has 0 spiro atoms. The number of aromatic nitrogens is 4. The Kier molecular flexibility index (Phi) is 4.72. The summed E-state index contributed by atoms with van der Waals surface area (Å²) in [6.07, 6.45) is 3.39. The van der Waals surface area contributed by atoms with Crippen LogP contribution in [0.25, 0.3) is 11.3 Å². The topological polar surface area (TPSA) is 98.6 Å². The van der Waals surface area contributed by atoms with E-state index in [9.17, 15) is 23.2 Å². The second-order valence-corrected chi connectivity index (χ2v) is 6.59. The first-order valence-corrected chi connectivity index (χ1v) is 8.70. The molecule has 1 aromatic carbocycles. The molecule has 146 valence electrons. The number of amides is 1. The van der Waals surface area contributed by atoms with Crippen molar-refractivity contribution in [1.82, 2.24) is 20.4 Å². The predicted molar refractivity (Wildman–Crippen MR) is 94.8 cm³/mol. The molecule has 1 amide bonds. The van der Waals surface area contributed by atoms with E-state index in [-0.39, 0.29) is 29.3 Å². The van der Waals surface area contributed by atoms with Gasteiger partial charge in [-0.2, -0.15) is 20.6 Å². The van der Waals surface area contributed by atoms with Gasteiger partial charge in [-0.1, -0.05) is 0 Å². The van der Waals surface area contributed by atoms with E-state index in [1.54, 1.807) is 6.07 Å². The lowest BCUT2D eigenvalue weighted by molar-refractivity contribution is -0.120. The van der Waals surface area contributed by atoms with Crippen molar-refractivity contribution in [1.29, 1.82) is 5.26 Å². The summed E-state index contributed by atoms with van der Waals surface area (Å²) in [6, 6.07) is 5.47. The molecular weight excluding hydrogens is 385 g/mol. The monoisotopic (exact) mass is 398 g/mol. The highest BCUT2D eigenvalue weighted by molar-refractivity contribution is 5.98. The van der Waals surface area contributed by atoms with E-state index in [4.69, 9.17) is 0 Å². The lowest BCUT2D eigenvalue weighted by atomic mass is 9.98. The van der Waals surface area contributed by atoms with Gasteiger partial charge in [-0.15, -0.1) is 0 Å². The maximum atomic E-state index is 13.4. The van der Waals surface area contributed by atoms with Crippen LogP contribution in [0.4, 0.5) is 19.0 Å². The van der Waals surface area contributed by atoms with Crippen LogP contribution in [-0.2, 0) is 11.2 Å². The molecule has 0 saturated carbocycles. The fraction of sp³-hybridized carbons (Fsp3) is 0.211. The van der Waals surface area contributed by atoms with Gasteiger partial charge in [0.2, 0.25) is 5.91 Å². The smallest absolute Gasteiger partial charge is 0.231 e. The van der Waals surface area contributed by atoms with Gasteiger partial charge in [0.1, 0.15) is 11.6 Å². The summed E-state index contributed by atoms with van der Waals surface area (Å²) < 4.78 is 40.0. The highest BCUT2D eigenvalue weighted by atomic mass is 19.2. The molecule has 1 saturated heterocycles. The van der Waals surface area contributed by atoms with Gasteiger partial charge in [-0.05, 0) is 36.6 Å². The third-order valence-corrected chi connectivity index (χ3v) is 4.83. The van der Waals surface area contributed by atoms with Gasteiger partial charge in [0.05, 0.1) is 18.1 Å². The Morgan fingerprint density at radius 2 is 2.00 bits per heavy atom. The number of anilines is 1. The molecule has 1 atom stereocenters. The number of H-pyrrole nitrogens is 1. The largest absolute Gasteiger partial charge is 0.294 e. The molecular formula is C19H13F3N6O. The minimum atomic E-state index is -1.54. The summed E-state index contributed by atoms with van der Waals surface area (Å²) in [5, 5.41) is 23.9. The number of nitriles is 1. The minimum absolute atomic E-state index is 0.0525. The van der Waals surface area contributed by atoms with E-state index in [0.717, 1.165) is 12.1 Å². The molecule has 0 radical (unpaired) electrons. The Morgan fingerprint density at radius 3 is 2.66 bits per heavy atom. The first kappa shape index (κ1) is 18.6. The van der Waals surface area contributed by atoms with E-state index < -0.39 is 23.4 Å². The number of hydrogen-bond donors (Lipinski definition) is 1. The first-order chi connectivity index (χ1) is 14.0. The Morgan fingerprint density at radius 1 is 1.24 bits per heavy atom. The number of nitrogens with zero attached hydrogens (tertiary/aromatic N) is 5. The van der Waals surface area contributed by atoms with Gasteiger partial charge in [0, 0.05) is 18.0 Å². The molecule has 3 heterocycles. The molecule has 2 aromatic heterocycles. The molecule has 0 bridgehead atoms. The van der Waals surface area contributed by atoms with Crippen molar-refractivity contribution in [2.45, 2.75) is 12.8 Å². The number of hydrogen-bond acceptors (Lipinski definition) is 5. The van der Waals surface area contributed by atoms with Crippen LogP contribution in [0.3, 0.4) is 0 Å². The molecule has 1 aliphatic rings. The average Bonchev–Trinajstić information content (AvgIpc) is 3.30. The molecule has 1 aliphatic heterocycles. The minimum Gasteiger partial charge on any atom is -0.294 e. The summed E-state index contributed by atoms with van der Waals surface area (Å²) in [5.41, 5.74) is 1.38. The third-order valence-electron chi connectivity index (χ3n) is 4.83. The van der Waals surface area contributed by atoms with E-state index >= 15 is 0 Å². The fourth-order valence-corrected chi connectivity index (χ4v) is 3.43. The molecule has 3 aromatic rings. The van der Waals surface area contributed by atoms with Crippen LogP contribution in [0, 0.1) is 34.7 Å². The van der Waals surface area contributed by atoms with E-state index in [2.05, 4.69) is 20.4 Å². The number of halogens is 3. The van der Waals surface area contributed by atoms with Gasteiger partial charge in [0.15, 0.2) is 23.3 Å². The zero-order valence-electron chi connectivity index (χ0n) is 14.9. The van der Waals surface area contributed by atoms with Crippen molar-refractivity contribution in [3.63, 3.8) is 0 Å². The van der Waals surface area contributed by atoms with Crippen molar-refractivity contribution < 1.29 is 18.0 Å². The maximum absolute atomic E-state index is 13.4. The van der Waals surface area contributed by atoms with Crippen LogP contribution in [0.2, 0.25) is 0 Å². The molecule has 1 N–H and O–H groups in total. The highest BCUT2D eigenvalue weighted by Gasteiger charge is 2.36. The first-order valence-electron chi connectivity index (χ1n) is 8.70. The summed E-state index contributed by atoms with van der Waals surface area (Å²) in [4.78, 5) is 14.2. The van der Waals surface area contributed by atoms with E-state index in [0.29, 0.717) is 24.2 Å². The van der Waals surface area contributed by atoms with Gasteiger partial charge in [-0.3, -0.25) is 14.8 Å². The van der Waals surface area contributed by atoms with Crippen molar-refractivity contribution >= 4 is 11.7 Å². The zero-order chi connectivity index (χ0) is 20.5. The lowest BCUT2D eigenvalue weighted by Crippen LogP contribution is -2.28. The van der Waals surface area contributed by atoms with Gasteiger partial charge in [0.25, 0.3) is 0 Å². The van der Waals surface area contributed by atoms with Gasteiger partial charge >= 0.3 is 0 Å². The Hall–Kier alpha value is -3.74. The number of carbonyl (C=O) groups is 1. The molecule has 29 heavy (non-hydrogen) atoms. The average molecular weight is 398 g/mol. The lowest BCUT2D eigenvalue weighted by Gasteiger charge is -2.14. The van der Waals surface area contributed by atoms with Crippen LogP contribution < -0.4 is 4.90 Å². The second kappa shape index (κ2) is 7.35. The summed E-state index contributed by atoms with van der Waals surface area (Å²) in [6.45, 7) is 0.295. The molecule has 7 nitrogen and oxygen atoms in total. The quantitative estimate of drug-likeness (QED) is 0.682. The Balaban J connectivity index is 1.59. The van der Waals surface area contributed by atoms with Crippen molar-refractivity contribution in [2.24, 2.45) is 5.92 Å². The molecule has 4 rings (SSSR count). The molecule has 0 aliphatic carbocycles. The number of aromatic amines is 1. The molecule has 1 fully saturated rings. The molecule has 1 unspecified atom stereocenters. The summed E-state index contributed by atoms with van der Waals surface area (Å²) in [7, 11) is 0. The van der Waals surface area contributed by atoms with Crippen molar-refractivity contribution in [2.75, 3.05) is 11.4 Å². The second-order valence-electron chi connectivity index (χ2n) is 6.59. The highest BCUT2D eigenvalue weighted by Crippen LogP contribution is 2.33. The normalized spacial score (nSPS) is 16.3.